The van der Waals surface area contributed by atoms with E-state index in [1.165, 1.54) is 7.11 Å². The van der Waals surface area contributed by atoms with Crippen molar-refractivity contribution in [3.8, 4) is 22.8 Å². The molecular weight excluding hydrogens is 306 g/mol. The fourth-order valence-corrected chi connectivity index (χ4v) is 2.32. The number of aromatic hydroxyl groups is 1. The Morgan fingerprint density at radius 2 is 1.58 bits per heavy atom. The molecule has 0 radical (unpaired) electrons. The van der Waals surface area contributed by atoms with E-state index in [4.69, 9.17) is 4.74 Å². The number of nitrogens with zero attached hydrogens (tertiary/aromatic N) is 2. The number of aromatic amines is 1. The highest BCUT2D eigenvalue weighted by Crippen LogP contribution is 2.40. The van der Waals surface area contributed by atoms with Crippen LogP contribution in [0.3, 0.4) is 0 Å². The number of hydrogen-bond donors (Lipinski definition) is 2. The van der Waals surface area contributed by atoms with Gasteiger partial charge in [0.25, 0.3) is 5.56 Å². The summed E-state index contributed by atoms with van der Waals surface area (Å²) >= 11 is 0. The molecule has 0 aliphatic heterocycles. The topological polar surface area (TPSA) is 87.0 Å². The maximum Gasteiger partial charge on any atom is 0.282 e. The number of benzene rings is 2. The van der Waals surface area contributed by atoms with Gasteiger partial charge < -0.3 is 9.84 Å². The second kappa shape index (κ2) is 6.78. The van der Waals surface area contributed by atoms with E-state index in [1.807, 2.05) is 36.4 Å². The zero-order valence-electron chi connectivity index (χ0n) is 12.9. The van der Waals surface area contributed by atoms with Crippen LogP contribution in [0.25, 0.3) is 11.1 Å². The van der Waals surface area contributed by atoms with E-state index < -0.39 is 5.56 Å². The molecule has 0 atom stereocenters. The van der Waals surface area contributed by atoms with Crippen molar-refractivity contribution in [2.24, 2.45) is 10.2 Å². The lowest BCUT2D eigenvalue weighted by Crippen LogP contribution is -2.08. The Labute approximate surface area is 138 Å². The second-order valence-corrected chi connectivity index (χ2v) is 4.96. The van der Waals surface area contributed by atoms with Crippen LogP contribution in [0.5, 0.6) is 11.6 Å². The van der Waals surface area contributed by atoms with Crippen LogP contribution in [0.15, 0.2) is 75.7 Å². The van der Waals surface area contributed by atoms with E-state index in [9.17, 15) is 9.90 Å². The lowest BCUT2D eigenvalue weighted by Gasteiger charge is -2.11. The first-order chi connectivity index (χ1) is 11.7. The fourth-order valence-electron chi connectivity index (χ4n) is 2.32. The van der Waals surface area contributed by atoms with Gasteiger partial charge in [-0.2, -0.15) is 5.11 Å². The molecule has 120 valence electrons. The molecule has 0 unspecified atom stereocenters. The minimum absolute atomic E-state index is 0.00185. The van der Waals surface area contributed by atoms with Gasteiger partial charge in [-0.1, -0.05) is 48.5 Å². The number of rotatable bonds is 4. The molecule has 0 bridgehead atoms. The molecule has 0 spiro atoms. The van der Waals surface area contributed by atoms with E-state index in [0.29, 0.717) is 16.8 Å². The van der Waals surface area contributed by atoms with Crippen LogP contribution in [-0.2, 0) is 0 Å². The number of H-pyrrole nitrogens is 1. The van der Waals surface area contributed by atoms with Crippen molar-refractivity contribution in [1.82, 2.24) is 4.98 Å². The molecule has 3 rings (SSSR count). The van der Waals surface area contributed by atoms with E-state index in [1.54, 1.807) is 24.3 Å². The molecule has 0 saturated heterocycles. The summed E-state index contributed by atoms with van der Waals surface area (Å²) in [5.41, 5.74) is 1.08. The van der Waals surface area contributed by atoms with Gasteiger partial charge in [0.1, 0.15) is 0 Å². The first-order valence-corrected chi connectivity index (χ1v) is 7.26. The van der Waals surface area contributed by atoms with Crippen LogP contribution in [0.4, 0.5) is 11.4 Å². The number of aromatic nitrogens is 1. The number of azo groups is 1. The summed E-state index contributed by atoms with van der Waals surface area (Å²) in [5, 5.41) is 18.2. The summed E-state index contributed by atoms with van der Waals surface area (Å²) in [6.45, 7) is 0. The normalized spacial score (nSPS) is 10.9. The number of nitrogens with one attached hydrogen (secondary N) is 1. The summed E-state index contributed by atoms with van der Waals surface area (Å²) in [5.74, 6) is -0.108. The van der Waals surface area contributed by atoms with Crippen molar-refractivity contribution in [3.63, 3.8) is 0 Å². The average Bonchev–Trinajstić information content (AvgIpc) is 2.62. The van der Waals surface area contributed by atoms with Gasteiger partial charge in [0, 0.05) is 0 Å². The molecule has 2 aromatic carbocycles. The first kappa shape index (κ1) is 15.5. The van der Waals surface area contributed by atoms with E-state index in [0.717, 1.165) is 0 Å². The molecule has 6 nitrogen and oxygen atoms in total. The van der Waals surface area contributed by atoms with Crippen LogP contribution in [0.2, 0.25) is 0 Å². The molecule has 3 aromatic rings. The van der Waals surface area contributed by atoms with Crippen LogP contribution in [0, 0.1) is 0 Å². The summed E-state index contributed by atoms with van der Waals surface area (Å²) in [6.07, 6.45) is 0. The van der Waals surface area contributed by atoms with Crippen molar-refractivity contribution >= 4 is 11.4 Å². The average molecular weight is 321 g/mol. The lowest BCUT2D eigenvalue weighted by molar-refractivity contribution is 0.405. The quantitative estimate of drug-likeness (QED) is 0.707. The van der Waals surface area contributed by atoms with Gasteiger partial charge in [0.15, 0.2) is 11.4 Å². The molecule has 0 aliphatic rings. The molecule has 0 amide bonds. The summed E-state index contributed by atoms with van der Waals surface area (Å²) in [7, 11) is 1.42. The zero-order valence-corrected chi connectivity index (χ0v) is 12.9. The van der Waals surface area contributed by atoms with Gasteiger partial charge in [-0.15, -0.1) is 5.11 Å². The summed E-state index contributed by atoms with van der Waals surface area (Å²) in [6, 6.07) is 18.1. The number of hydrogen-bond acceptors (Lipinski definition) is 5. The lowest BCUT2D eigenvalue weighted by atomic mass is 10.1. The van der Waals surface area contributed by atoms with Crippen molar-refractivity contribution in [2.75, 3.05) is 7.11 Å². The predicted octanol–water partition coefficient (Wildman–Crippen LogP) is 4.17. The molecule has 0 saturated carbocycles. The van der Waals surface area contributed by atoms with Crippen molar-refractivity contribution in [1.29, 1.82) is 0 Å². The highest BCUT2D eigenvalue weighted by molar-refractivity contribution is 5.80. The third-order valence-corrected chi connectivity index (χ3v) is 3.41. The van der Waals surface area contributed by atoms with Gasteiger partial charge in [-0.05, 0) is 17.7 Å². The minimum atomic E-state index is -0.580. The highest BCUT2D eigenvalue weighted by atomic mass is 16.5. The molecular formula is C18H15N3O3. The summed E-state index contributed by atoms with van der Waals surface area (Å²) < 4.78 is 5.35. The molecule has 6 heteroatoms. The van der Waals surface area contributed by atoms with Crippen LogP contribution >= 0.6 is 0 Å². The number of ether oxygens (including phenoxy) is 1. The Morgan fingerprint density at radius 1 is 0.958 bits per heavy atom. The van der Waals surface area contributed by atoms with Gasteiger partial charge in [-0.3, -0.25) is 9.78 Å². The minimum Gasteiger partial charge on any atom is -0.494 e. The van der Waals surface area contributed by atoms with Crippen molar-refractivity contribution < 1.29 is 9.84 Å². The number of pyridine rings is 1. The monoisotopic (exact) mass is 321 g/mol. The molecule has 0 fully saturated rings. The first-order valence-electron chi connectivity index (χ1n) is 7.26. The Hall–Kier alpha value is -3.41. The predicted molar refractivity (Wildman–Crippen MR) is 91.3 cm³/mol. The maximum absolute atomic E-state index is 12.2. The van der Waals surface area contributed by atoms with Gasteiger partial charge >= 0.3 is 0 Å². The van der Waals surface area contributed by atoms with Crippen LogP contribution in [0.1, 0.15) is 0 Å². The molecule has 24 heavy (non-hydrogen) atoms. The Morgan fingerprint density at radius 3 is 2.21 bits per heavy atom. The van der Waals surface area contributed by atoms with E-state index in [2.05, 4.69) is 15.2 Å². The Kier molecular flexibility index (Phi) is 4.38. The zero-order chi connectivity index (χ0) is 16.9. The van der Waals surface area contributed by atoms with Crippen molar-refractivity contribution in [3.05, 3.63) is 71.0 Å². The third kappa shape index (κ3) is 3.03. The summed E-state index contributed by atoms with van der Waals surface area (Å²) in [4.78, 5) is 14.6. The van der Waals surface area contributed by atoms with E-state index >= 15 is 0 Å². The SMILES string of the molecule is COc1c(-c2ccccc2)c(O)[nH]c(=O)c1N=Nc1ccccc1. The maximum atomic E-state index is 12.2. The van der Waals surface area contributed by atoms with Crippen LogP contribution < -0.4 is 10.3 Å². The van der Waals surface area contributed by atoms with Gasteiger partial charge in [0.05, 0.1) is 18.4 Å². The van der Waals surface area contributed by atoms with Gasteiger partial charge in [-0.25, -0.2) is 0 Å². The molecule has 0 aliphatic carbocycles. The standard InChI is InChI=1S/C18H15N3O3/c1-24-16-14(12-8-4-2-5-9-12)17(22)19-18(23)15(16)21-20-13-10-6-3-7-11-13/h2-11H,1H3,(H2,19,22,23). The molecule has 1 heterocycles. The Bertz CT molecular complexity index is 919. The highest BCUT2D eigenvalue weighted by Gasteiger charge is 2.19. The van der Waals surface area contributed by atoms with Crippen LogP contribution in [-0.4, -0.2) is 17.2 Å². The molecule has 1 aromatic heterocycles. The Balaban J connectivity index is 2.16. The largest absolute Gasteiger partial charge is 0.494 e. The second-order valence-electron chi connectivity index (χ2n) is 4.96. The van der Waals surface area contributed by atoms with Crippen molar-refractivity contribution in [2.45, 2.75) is 0 Å². The fraction of sp³-hybridized carbons (Fsp3) is 0.0556. The molecule has 2 N–H and O–H groups in total. The third-order valence-electron chi connectivity index (χ3n) is 3.41. The van der Waals surface area contributed by atoms with E-state index in [-0.39, 0.29) is 17.3 Å². The van der Waals surface area contributed by atoms with Gasteiger partial charge in [0.2, 0.25) is 5.88 Å². The number of methoxy groups -OCH3 is 1. The smallest absolute Gasteiger partial charge is 0.282 e.